The van der Waals surface area contributed by atoms with Crippen LogP contribution in [0, 0.1) is 0 Å². The zero-order valence-electron chi connectivity index (χ0n) is 15.6. The number of carbonyl (C=O) groups excluding carboxylic acids is 1. The van der Waals surface area contributed by atoms with Crippen LogP contribution >= 0.6 is 0 Å². The largest absolute Gasteiger partial charge is 0.493 e. The minimum atomic E-state index is -1.46. The first-order chi connectivity index (χ1) is 12.9. The monoisotopic (exact) mass is 388 g/mol. The summed E-state index contributed by atoms with van der Waals surface area (Å²) in [5, 5.41) is 0. The summed E-state index contributed by atoms with van der Waals surface area (Å²) in [6, 6.07) is 6.27. The second-order valence-corrected chi connectivity index (χ2v) is 7.44. The van der Waals surface area contributed by atoms with E-state index in [-0.39, 0.29) is 17.1 Å². The second-order valence-electron chi connectivity index (χ2n) is 6.09. The van der Waals surface area contributed by atoms with Gasteiger partial charge in [0.15, 0.2) is 22.7 Å². The van der Waals surface area contributed by atoms with Gasteiger partial charge in [0, 0.05) is 23.8 Å². The highest BCUT2D eigenvalue weighted by Crippen LogP contribution is 2.48. The van der Waals surface area contributed by atoms with Gasteiger partial charge in [-0.05, 0) is 35.7 Å². The van der Waals surface area contributed by atoms with Crippen LogP contribution in [0.4, 0.5) is 0 Å². The zero-order chi connectivity index (χ0) is 19.7. The van der Waals surface area contributed by atoms with Crippen molar-refractivity contribution in [3.63, 3.8) is 0 Å². The van der Waals surface area contributed by atoms with E-state index in [9.17, 15) is 13.8 Å². The van der Waals surface area contributed by atoms with Gasteiger partial charge in [-0.1, -0.05) is 6.07 Å². The third-order valence-corrected chi connectivity index (χ3v) is 5.58. The lowest BCUT2D eigenvalue weighted by atomic mass is 9.96. The molecule has 3 rings (SSSR count). The van der Waals surface area contributed by atoms with Gasteiger partial charge < -0.3 is 14.2 Å². The van der Waals surface area contributed by atoms with Crippen molar-refractivity contribution < 1.29 is 23.2 Å². The summed E-state index contributed by atoms with van der Waals surface area (Å²) in [5.41, 5.74) is 1.96. The fourth-order valence-electron chi connectivity index (χ4n) is 3.38. The third kappa shape index (κ3) is 3.23. The first-order valence-corrected chi connectivity index (χ1v) is 9.85. The van der Waals surface area contributed by atoms with Crippen molar-refractivity contribution in [2.45, 2.75) is 17.7 Å². The average Bonchev–Trinajstić information content (AvgIpc) is 2.89. The van der Waals surface area contributed by atoms with Crippen LogP contribution in [0.15, 0.2) is 34.0 Å². The van der Waals surface area contributed by atoms with Crippen molar-refractivity contribution in [2.24, 2.45) is 0 Å². The molecule has 6 nitrogen and oxygen atoms in total. The smallest absolute Gasteiger partial charge is 0.203 e. The molecule has 142 valence electrons. The molecule has 0 bridgehead atoms. The molecular weight excluding hydrogens is 368 g/mol. The van der Waals surface area contributed by atoms with E-state index in [1.165, 1.54) is 39.7 Å². The molecule has 0 radical (unpaired) electrons. The molecule has 2 aromatic carbocycles. The van der Waals surface area contributed by atoms with E-state index in [0.29, 0.717) is 40.4 Å². The molecule has 0 spiro atoms. The first kappa shape index (κ1) is 19.1. The van der Waals surface area contributed by atoms with Gasteiger partial charge in [-0.3, -0.25) is 13.8 Å². The summed E-state index contributed by atoms with van der Waals surface area (Å²) in [5.74, 6) is 1.19. The molecule has 0 saturated carbocycles. The fraction of sp³-hybridized carbons (Fsp3) is 0.300. The Morgan fingerprint density at radius 1 is 0.889 bits per heavy atom. The van der Waals surface area contributed by atoms with Crippen molar-refractivity contribution in [1.29, 1.82) is 0 Å². The van der Waals surface area contributed by atoms with E-state index in [0.717, 1.165) is 5.56 Å². The molecule has 0 saturated heterocycles. The van der Waals surface area contributed by atoms with Gasteiger partial charge in [0.1, 0.15) is 0 Å². The number of hydrogen-bond donors (Lipinski definition) is 0. The highest BCUT2D eigenvalue weighted by atomic mass is 32.2. The number of fused-ring (bicyclic) bond motifs is 3. The molecular formula is C20H20O6S. The van der Waals surface area contributed by atoms with Gasteiger partial charge in [0.05, 0.1) is 37.0 Å². The third-order valence-electron chi connectivity index (χ3n) is 4.62. The lowest BCUT2D eigenvalue weighted by molar-refractivity contribution is 0.0984. The van der Waals surface area contributed by atoms with Gasteiger partial charge in [-0.25, -0.2) is 0 Å². The van der Waals surface area contributed by atoms with Crippen LogP contribution in [0.5, 0.6) is 17.2 Å². The number of Topliss-reactive ketones (excluding diaryl/α,β-unsaturated/α-hetero) is 1. The van der Waals surface area contributed by atoms with Crippen LogP contribution in [-0.2, 0) is 17.2 Å². The van der Waals surface area contributed by atoms with Crippen LogP contribution in [-0.4, -0.2) is 37.6 Å². The average molecular weight is 388 g/mol. The summed E-state index contributed by atoms with van der Waals surface area (Å²) in [6.07, 6.45) is 2.16. The maximum absolute atomic E-state index is 12.7. The number of ketones is 1. The van der Waals surface area contributed by atoms with Crippen LogP contribution < -0.4 is 19.6 Å². The highest BCUT2D eigenvalue weighted by molar-refractivity contribution is 7.84. The molecule has 0 N–H and O–H groups in total. The maximum Gasteiger partial charge on any atom is 0.203 e. The standard InChI is InChI=1S/C20H20O6S/c1-24-16-9-11-5-7-14(21)13-10-15(22)17(27(4)23)8-6-12(13)18(11)20(26-3)19(16)25-2/h6,8-10H,5,7H2,1-4H3. The van der Waals surface area contributed by atoms with Gasteiger partial charge in [0.25, 0.3) is 0 Å². The lowest BCUT2D eigenvalue weighted by Crippen LogP contribution is -2.08. The first-order valence-electron chi connectivity index (χ1n) is 8.30. The Hall–Kier alpha value is -2.67. The summed E-state index contributed by atoms with van der Waals surface area (Å²) in [7, 11) is 3.09. The molecule has 7 heteroatoms. The molecule has 1 atom stereocenters. The quantitative estimate of drug-likeness (QED) is 0.801. The summed E-state index contributed by atoms with van der Waals surface area (Å²) in [4.78, 5) is 25.3. The number of rotatable bonds is 4. The molecule has 1 aliphatic rings. The van der Waals surface area contributed by atoms with Crippen LogP contribution in [0.1, 0.15) is 22.3 Å². The summed E-state index contributed by atoms with van der Waals surface area (Å²) >= 11 is 0. The minimum absolute atomic E-state index is 0.150. The SMILES string of the molecule is COc1cc2c(c(OC)c1OC)-c1ccc(S(C)=O)c(=O)cc1C(=O)CC2. The Morgan fingerprint density at radius 2 is 1.59 bits per heavy atom. The van der Waals surface area contributed by atoms with Crippen LogP contribution in [0.2, 0.25) is 0 Å². The van der Waals surface area contributed by atoms with Gasteiger partial charge >= 0.3 is 0 Å². The molecule has 1 aliphatic carbocycles. The van der Waals surface area contributed by atoms with E-state index in [1.54, 1.807) is 6.07 Å². The highest BCUT2D eigenvalue weighted by Gasteiger charge is 2.28. The van der Waals surface area contributed by atoms with Crippen molar-refractivity contribution in [3.8, 4) is 28.4 Å². The van der Waals surface area contributed by atoms with E-state index < -0.39 is 16.2 Å². The lowest BCUT2D eigenvalue weighted by Gasteiger charge is -2.19. The Kier molecular flexibility index (Phi) is 5.32. The summed E-state index contributed by atoms with van der Waals surface area (Å²) < 4.78 is 28.4. The predicted octanol–water partition coefficient (Wildman–Crippen LogP) is 2.61. The molecule has 2 aromatic rings. The number of hydrogen-bond acceptors (Lipinski definition) is 6. The summed E-state index contributed by atoms with van der Waals surface area (Å²) in [6.45, 7) is 0. The van der Waals surface area contributed by atoms with Crippen LogP contribution in [0.3, 0.4) is 0 Å². The molecule has 0 aliphatic heterocycles. The van der Waals surface area contributed by atoms with Gasteiger partial charge in [-0.15, -0.1) is 0 Å². The Labute approximate surface area is 159 Å². The molecule has 0 amide bonds. The number of aryl methyl sites for hydroxylation is 1. The normalized spacial score (nSPS) is 13.9. The molecule has 0 heterocycles. The molecule has 0 fully saturated rings. The van der Waals surface area contributed by atoms with E-state index >= 15 is 0 Å². The van der Waals surface area contributed by atoms with Crippen molar-refractivity contribution >= 4 is 16.6 Å². The Bertz CT molecular complexity index is 1010. The van der Waals surface area contributed by atoms with Crippen molar-refractivity contribution in [2.75, 3.05) is 27.6 Å². The number of ether oxygens (including phenoxy) is 3. The minimum Gasteiger partial charge on any atom is -0.493 e. The van der Waals surface area contributed by atoms with E-state index in [2.05, 4.69) is 0 Å². The predicted molar refractivity (Wildman–Crippen MR) is 103 cm³/mol. The van der Waals surface area contributed by atoms with Crippen LogP contribution in [0.25, 0.3) is 11.1 Å². The molecule has 27 heavy (non-hydrogen) atoms. The van der Waals surface area contributed by atoms with Crippen molar-refractivity contribution in [1.82, 2.24) is 0 Å². The zero-order valence-corrected chi connectivity index (χ0v) is 16.4. The molecule has 1 unspecified atom stereocenters. The van der Waals surface area contributed by atoms with Crippen molar-refractivity contribution in [3.05, 3.63) is 45.6 Å². The van der Waals surface area contributed by atoms with E-state index in [1.807, 2.05) is 6.07 Å². The fourth-order valence-corrected chi connectivity index (χ4v) is 3.98. The molecule has 0 aromatic heterocycles. The Morgan fingerprint density at radius 3 is 2.19 bits per heavy atom. The number of carbonyl (C=O) groups is 1. The topological polar surface area (TPSA) is 78.9 Å². The van der Waals surface area contributed by atoms with Gasteiger partial charge in [0.2, 0.25) is 5.75 Å². The number of benzene rings is 1. The van der Waals surface area contributed by atoms with E-state index in [4.69, 9.17) is 14.2 Å². The number of methoxy groups -OCH3 is 3. The maximum atomic E-state index is 12.7. The van der Waals surface area contributed by atoms with Gasteiger partial charge in [-0.2, -0.15) is 0 Å². The second kappa shape index (κ2) is 7.52. The Balaban J connectivity index is 2.47.